The third-order valence-electron chi connectivity index (χ3n) is 2.89. The van der Waals surface area contributed by atoms with Gasteiger partial charge in [-0.05, 0) is 17.5 Å². The average molecular weight is 317 g/mol. The third kappa shape index (κ3) is 4.39. The molecule has 110 valence electrons. The molecule has 0 saturated heterocycles. The molecular weight excluding hydrogens is 299 g/mol. The summed E-state index contributed by atoms with van der Waals surface area (Å²) in [6.07, 6.45) is 0.0829. The van der Waals surface area contributed by atoms with Crippen LogP contribution in [0.1, 0.15) is 19.4 Å². The van der Waals surface area contributed by atoms with Crippen LogP contribution in [0.4, 0.5) is 0 Å². The van der Waals surface area contributed by atoms with Gasteiger partial charge in [-0.15, -0.1) is 0 Å². The topological polar surface area (TPSA) is 58.2 Å². The van der Waals surface area contributed by atoms with Gasteiger partial charge in [0.05, 0.1) is 16.5 Å². The Morgan fingerprint density at radius 2 is 1.90 bits per heavy atom. The Morgan fingerprint density at radius 3 is 2.45 bits per heavy atom. The van der Waals surface area contributed by atoms with E-state index in [4.69, 9.17) is 23.2 Å². The molecule has 1 atom stereocenters. The smallest absolute Gasteiger partial charge is 0.242 e. The van der Waals surface area contributed by atoms with Crippen molar-refractivity contribution in [2.45, 2.75) is 26.3 Å². The molecular formula is C14H18Cl2N2O2. The van der Waals surface area contributed by atoms with Gasteiger partial charge in [0.2, 0.25) is 11.8 Å². The van der Waals surface area contributed by atoms with Crippen LogP contribution in [-0.2, 0) is 16.0 Å². The van der Waals surface area contributed by atoms with Crippen molar-refractivity contribution in [3.05, 3.63) is 33.8 Å². The number of nitrogens with one attached hydrogen (secondary N) is 2. The van der Waals surface area contributed by atoms with E-state index in [0.29, 0.717) is 15.6 Å². The fourth-order valence-electron chi connectivity index (χ4n) is 1.77. The molecule has 0 saturated carbocycles. The summed E-state index contributed by atoms with van der Waals surface area (Å²) in [6, 6.07) is 4.56. The molecule has 1 rings (SSSR count). The van der Waals surface area contributed by atoms with Gasteiger partial charge in [-0.2, -0.15) is 0 Å². The molecule has 1 aromatic carbocycles. The largest absolute Gasteiger partial charge is 0.357 e. The monoisotopic (exact) mass is 316 g/mol. The minimum absolute atomic E-state index is 0.00580. The van der Waals surface area contributed by atoms with Crippen LogP contribution in [0.25, 0.3) is 0 Å². The highest BCUT2D eigenvalue weighted by atomic mass is 35.5. The number of rotatable bonds is 5. The van der Waals surface area contributed by atoms with Gasteiger partial charge in [-0.3, -0.25) is 9.59 Å². The molecule has 0 spiro atoms. The predicted octanol–water partition coefficient (Wildman–Crippen LogP) is 2.42. The lowest BCUT2D eigenvalue weighted by atomic mass is 10.0. The van der Waals surface area contributed by atoms with Crippen LogP contribution in [0, 0.1) is 5.92 Å². The lowest BCUT2D eigenvalue weighted by Gasteiger charge is -2.20. The lowest BCUT2D eigenvalue weighted by molar-refractivity contribution is -0.129. The van der Waals surface area contributed by atoms with Crippen molar-refractivity contribution >= 4 is 35.0 Å². The fourth-order valence-corrected chi connectivity index (χ4v) is 2.16. The fraction of sp³-hybridized carbons (Fsp3) is 0.429. The number of hydrogen-bond donors (Lipinski definition) is 2. The standard InChI is InChI=1S/C14H18Cl2N2O2/c1-8(2)13(14(20)17-3)18-11(19)7-9-5-4-6-10(15)12(9)16/h4-6,8,13H,7H2,1-3H3,(H,17,20)(H,18,19)/t13-/m1/s1. The van der Waals surface area contributed by atoms with Gasteiger partial charge >= 0.3 is 0 Å². The molecule has 0 bridgehead atoms. The minimum Gasteiger partial charge on any atom is -0.357 e. The average Bonchev–Trinajstić information content (AvgIpc) is 2.40. The molecule has 20 heavy (non-hydrogen) atoms. The van der Waals surface area contributed by atoms with Crippen molar-refractivity contribution in [3.8, 4) is 0 Å². The van der Waals surface area contributed by atoms with Gasteiger partial charge < -0.3 is 10.6 Å². The van der Waals surface area contributed by atoms with E-state index in [9.17, 15) is 9.59 Å². The summed E-state index contributed by atoms with van der Waals surface area (Å²) in [7, 11) is 1.54. The Morgan fingerprint density at radius 1 is 1.25 bits per heavy atom. The maximum absolute atomic E-state index is 12.0. The Kier molecular flexibility index (Phi) is 6.30. The Labute approximate surface area is 128 Å². The number of carbonyl (C=O) groups is 2. The van der Waals surface area contributed by atoms with Gasteiger partial charge in [0, 0.05) is 7.05 Å². The second-order valence-electron chi connectivity index (χ2n) is 4.79. The van der Waals surface area contributed by atoms with E-state index in [0.717, 1.165) is 0 Å². The van der Waals surface area contributed by atoms with Crippen molar-refractivity contribution in [3.63, 3.8) is 0 Å². The second-order valence-corrected chi connectivity index (χ2v) is 5.58. The molecule has 2 N–H and O–H groups in total. The molecule has 0 aliphatic rings. The van der Waals surface area contributed by atoms with Crippen LogP contribution in [0.5, 0.6) is 0 Å². The van der Waals surface area contributed by atoms with E-state index in [1.165, 1.54) is 7.05 Å². The van der Waals surface area contributed by atoms with Crippen LogP contribution < -0.4 is 10.6 Å². The van der Waals surface area contributed by atoms with Crippen LogP contribution in [0.2, 0.25) is 10.0 Å². The third-order valence-corrected chi connectivity index (χ3v) is 3.75. The number of carbonyl (C=O) groups excluding carboxylic acids is 2. The number of hydrogen-bond acceptors (Lipinski definition) is 2. The molecule has 2 amide bonds. The van der Waals surface area contributed by atoms with Crippen molar-refractivity contribution in [1.82, 2.24) is 10.6 Å². The predicted molar refractivity (Wildman–Crippen MR) is 81.0 cm³/mol. The van der Waals surface area contributed by atoms with E-state index < -0.39 is 6.04 Å². The number of likely N-dealkylation sites (N-methyl/N-ethyl adjacent to an activating group) is 1. The highest BCUT2D eigenvalue weighted by Crippen LogP contribution is 2.25. The summed E-state index contributed by atoms with van der Waals surface area (Å²) in [6.45, 7) is 3.74. The maximum Gasteiger partial charge on any atom is 0.242 e. The van der Waals surface area contributed by atoms with Gasteiger partial charge in [-0.1, -0.05) is 49.2 Å². The van der Waals surface area contributed by atoms with Crippen LogP contribution >= 0.6 is 23.2 Å². The highest BCUT2D eigenvalue weighted by Gasteiger charge is 2.23. The van der Waals surface area contributed by atoms with Gasteiger partial charge in [-0.25, -0.2) is 0 Å². The molecule has 0 aromatic heterocycles. The van der Waals surface area contributed by atoms with E-state index in [1.807, 2.05) is 13.8 Å². The van der Waals surface area contributed by atoms with Gasteiger partial charge in [0.15, 0.2) is 0 Å². The molecule has 6 heteroatoms. The van der Waals surface area contributed by atoms with Crippen molar-refractivity contribution in [1.29, 1.82) is 0 Å². The minimum atomic E-state index is -0.564. The molecule has 0 radical (unpaired) electrons. The first-order valence-corrected chi connectivity index (χ1v) is 7.06. The summed E-state index contributed by atoms with van der Waals surface area (Å²) < 4.78 is 0. The first kappa shape index (κ1) is 16.8. The van der Waals surface area contributed by atoms with E-state index in [1.54, 1.807) is 18.2 Å². The van der Waals surface area contributed by atoms with Crippen LogP contribution in [0.3, 0.4) is 0 Å². The van der Waals surface area contributed by atoms with E-state index in [-0.39, 0.29) is 24.2 Å². The summed E-state index contributed by atoms with van der Waals surface area (Å²) in [5, 5.41) is 6.02. The van der Waals surface area contributed by atoms with Crippen molar-refractivity contribution in [2.24, 2.45) is 5.92 Å². The molecule has 0 fully saturated rings. The van der Waals surface area contributed by atoms with Crippen LogP contribution in [0.15, 0.2) is 18.2 Å². The molecule has 0 unspecified atom stereocenters. The second kappa shape index (κ2) is 7.50. The first-order valence-electron chi connectivity index (χ1n) is 6.30. The summed E-state index contributed by atoms with van der Waals surface area (Å²) in [4.78, 5) is 23.7. The zero-order chi connectivity index (χ0) is 15.3. The van der Waals surface area contributed by atoms with Crippen LogP contribution in [-0.4, -0.2) is 24.9 Å². The Bertz CT molecular complexity index is 504. The normalized spacial score (nSPS) is 12.1. The highest BCUT2D eigenvalue weighted by molar-refractivity contribution is 6.42. The summed E-state index contributed by atoms with van der Waals surface area (Å²) >= 11 is 11.9. The molecule has 4 nitrogen and oxygen atoms in total. The van der Waals surface area contributed by atoms with E-state index >= 15 is 0 Å². The van der Waals surface area contributed by atoms with Gasteiger partial charge in [0.1, 0.15) is 6.04 Å². The number of benzene rings is 1. The SMILES string of the molecule is CNC(=O)[C@H](NC(=O)Cc1cccc(Cl)c1Cl)C(C)C. The maximum atomic E-state index is 12.0. The zero-order valence-corrected chi connectivity index (χ0v) is 13.2. The van der Waals surface area contributed by atoms with Crippen molar-refractivity contribution in [2.75, 3.05) is 7.05 Å². The Hall–Kier alpha value is -1.26. The Balaban J connectivity index is 2.76. The van der Waals surface area contributed by atoms with E-state index in [2.05, 4.69) is 10.6 Å². The zero-order valence-electron chi connectivity index (χ0n) is 11.7. The summed E-state index contributed by atoms with van der Waals surface area (Å²) in [5.41, 5.74) is 0.635. The quantitative estimate of drug-likeness (QED) is 0.876. The molecule has 1 aromatic rings. The first-order chi connectivity index (χ1) is 9.36. The number of halogens is 2. The molecule has 0 aliphatic heterocycles. The molecule has 0 heterocycles. The van der Waals surface area contributed by atoms with Gasteiger partial charge in [0.25, 0.3) is 0 Å². The summed E-state index contributed by atoms with van der Waals surface area (Å²) in [5.74, 6) is -0.490. The van der Waals surface area contributed by atoms with Crippen molar-refractivity contribution < 1.29 is 9.59 Å². The number of amides is 2. The lowest BCUT2D eigenvalue weighted by Crippen LogP contribution is -2.49. The molecule has 0 aliphatic carbocycles.